The van der Waals surface area contributed by atoms with Crippen molar-refractivity contribution in [3.8, 4) is 0 Å². The minimum Gasteiger partial charge on any atom is -0.339 e. The fourth-order valence-corrected chi connectivity index (χ4v) is 2.85. The maximum Gasteiger partial charge on any atom is 0.226 e. The molecule has 86 valence electrons. The highest BCUT2D eigenvalue weighted by Crippen LogP contribution is 2.24. The summed E-state index contributed by atoms with van der Waals surface area (Å²) < 4.78 is 0. The first-order chi connectivity index (χ1) is 7.33. The first-order valence-electron chi connectivity index (χ1n) is 6.34. The Morgan fingerprint density at radius 1 is 1.33 bits per heavy atom. The van der Waals surface area contributed by atoms with E-state index in [9.17, 15) is 4.79 Å². The molecular formula is C12H22N2O. The van der Waals surface area contributed by atoms with Crippen LogP contribution in [0, 0.1) is 5.92 Å². The molecule has 2 aliphatic rings. The summed E-state index contributed by atoms with van der Waals surface area (Å²) in [6.45, 7) is 5.22. The van der Waals surface area contributed by atoms with Crippen molar-refractivity contribution in [1.82, 2.24) is 10.2 Å². The molecule has 2 rings (SSSR count). The Hall–Kier alpha value is -0.570. The molecule has 15 heavy (non-hydrogen) atoms. The van der Waals surface area contributed by atoms with Gasteiger partial charge in [-0.05, 0) is 45.2 Å². The Bertz CT molecular complexity index is 224. The van der Waals surface area contributed by atoms with Crippen LogP contribution in [-0.2, 0) is 4.79 Å². The molecule has 0 aromatic heterocycles. The van der Waals surface area contributed by atoms with E-state index in [4.69, 9.17) is 0 Å². The molecule has 0 spiro atoms. The lowest BCUT2D eigenvalue weighted by Crippen LogP contribution is -2.43. The maximum atomic E-state index is 12.3. The molecule has 0 radical (unpaired) electrons. The molecule has 1 unspecified atom stereocenters. The Kier molecular flexibility index (Phi) is 3.62. The van der Waals surface area contributed by atoms with Gasteiger partial charge in [0.15, 0.2) is 0 Å². The van der Waals surface area contributed by atoms with Crippen LogP contribution >= 0.6 is 0 Å². The van der Waals surface area contributed by atoms with Crippen LogP contribution in [0.25, 0.3) is 0 Å². The summed E-state index contributed by atoms with van der Waals surface area (Å²) in [5, 5.41) is 3.31. The van der Waals surface area contributed by atoms with Gasteiger partial charge in [-0.2, -0.15) is 0 Å². The van der Waals surface area contributed by atoms with Gasteiger partial charge in [0.2, 0.25) is 5.91 Å². The van der Waals surface area contributed by atoms with Gasteiger partial charge in [0.05, 0.1) is 0 Å². The normalized spacial score (nSPS) is 28.3. The number of nitrogens with one attached hydrogen (secondary N) is 1. The monoisotopic (exact) mass is 210 g/mol. The van der Waals surface area contributed by atoms with Crippen LogP contribution in [0.15, 0.2) is 0 Å². The van der Waals surface area contributed by atoms with Gasteiger partial charge in [-0.25, -0.2) is 0 Å². The lowest BCUT2D eigenvalue weighted by molar-refractivity contribution is -0.137. The van der Waals surface area contributed by atoms with Crippen LogP contribution < -0.4 is 5.32 Å². The number of piperidine rings is 1. The summed E-state index contributed by atoms with van der Waals surface area (Å²) in [5.74, 6) is 0.735. The van der Waals surface area contributed by atoms with Gasteiger partial charge in [0, 0.05) is 18.5 Å². The highest BCUT2D eigenvalue weighted by Gasteiger charge is 2.32. The predicted octanol–water partition coefficient (Wildman–Crippen LogP) is 1.39. The average Bonchev–Trinajstić information content (AvgIpc) is 2.77. The number of likely N-dealkylation sites (tertiary alicyclic amines) is 1. The van der Waals surface area contributed by atoms with Gasteiger partial charge in [0.1, 0.15) is 0 Å². The molecule has 1 amide bonds. The van der Waals surface area contributed by atoms with E-state index in [2.05, 4.69) is 17.1 Å². The van der Waals surface area contributed by atoms with E-state index in [0.29, 0.717) is 17.9 Å². The number of hydrogen-bond acceptors (Lipinski definition) is 2. The molecule has 0 aromatic carbocycles. The molecule has 0 saturated carbocycles. The zero-order valence-corrected chi connectivity index (χ0v) is 9.67. The van der Waals surface area contributed by atoms with Crippen LogP contribution in [0.4, 0.5) is 0 Å². The van der Waals surface area contributed by atoms with E-state index in [1.54, 1.807) is 0 Å². The van der Waals surface area contributed by atoms with Crippen LogP contribution in [0.2, 0.25) is 0 Å². The van der Waals surface area contributed by atoms with Crippen molar-refractivity contribution in [2.75, 3.05) is 19.6 Å². The number of carbonyl (C=O) groups excluding carboxylic acids is 1. The van der Waals surface area contributed by atoms with Gasteiger partial charge in [-0.1, -0.05) is 6.92 Å². The molecular weight excluding hydrogens is 188 g/mol. The summed E-state index contributed by atoms with van der Waals surface area (Å²) in [6, 6.07) is 0.535. The highest BCUT2D eigenvalue weighted by atomic mass is 16.2. The number of carbonyl (C=O) groups is 1. The van der Waals surface area contributed by atoms with Crippen LogP contribution in [0.3, 0.4) is 0 Å². The molecule has 1 N–H and O–H groups in total. The molecule has 3 heteroatoms. The van der Waals surface area contributed by atoms with Gasteiger partial charge in [-0.3, -0.25) is 4.79 Å². The molecule has 0 aliphatic carbocycles. The van der Waals surface area contributed by atoms with E-state index < -0.39 is 0 Å². The minimum absolute atomic E-state index is 0.304. The van der Waals surface area contributed by atoms with Gasteiger partial charge in [-0.15, -0.1) is 0 Å². The molecule has 2 heterocycles. The summed E-state index contributed by atoms with van der Waals surface area (Å²) in [5.41, 5.74) is 0. The smallest absolute Gasteiger partial charge is 0.226 e. The quantitative estimate of drug-likeness (QED) is 0.747. The number of hydrogen-bond donors (Lipinski definition) is 1. The summed E-state index contributed by atoms with van der Waals surface area (Å²) >= 11 is 0. The van der Waals surface area contributed by atoms with E-state index >= 15 is 0 Å². The fraction of sp³-hybridized carbons (Fsp3) is 0.917. The molecule has 0 aromatic rings. The van der Waals surface area contributed by atoms with E-state index in [-0.39, 0.29) is 0 Å². The summed E-state index contributed by atoms with van der Waals surface area (Å²) in [4.78, 5) is 14.4. The second-order valence-electron chi connectivity index (χ2n) is 4.76. The molecule has 2 saturated heterocycles. The molecule has 2 aliphatic heterocycles. The van der Waals surface area contributed by atoms with Crippen molar-refractivity contribution in [3.05, 3.63) is 0 Å². The highest BCUT2D eigenvalue weighted by molar-refractivity contribution is 5.79. The fourth-order valence-electron chi connectivity index (χ4n) is 2.85. The van der Waals surface area contributed by atoms with Crippen LogP contribution in [0.5, 0.6) is 0 Å². The summed E-state index contributed by atoms with van der Waals surface area (Å²) in [7, 11) is 0. The average molecular weight is 210 g/mol. The lowest BCUT2D eigenvalue weighted by atomic mass is 9.96. The van der Waals surface area contributed by atoms with Gasteiger partial charge >= 0.3 is 0 Å². The number of amides is 1. The first kappa shape index (κ1) is 10.9. The van der Waals surface area contributed by atoms with Crippen molar-refractivity contribution in [2.45, 2.75) is 45.1 Å². The summed E-state index contributed by atoms with van der Waals surface area (Å²) in [6.07, 6.45) is 5.61. The van der Waals surface area contributed by atoms with E-state index in [1.165, 1.54) is 12.8 Å². The van der Waals surface area contributed by atoms with Gasteiger partial charge < -0.3 is 10.2 Å². The molecule has 0 bridgehead atoms. The molecule has 1 atom stereocenters. The largest absolute Gasteiger partial charge is 0.339 e. The second-order valence-corrected chi connectivity index (χ2v) is 4.76. The third kappa shape index (κ3) is 2.33. The Labute approximate surface area is 92.2 Å². The predicted molar refractivity (Wildman–Crippen MR) is 60.6 cm³/mol. The Morgan fingerprint density at radius 3 is 2.73 bits per heavy atom. The van der Waals surface area contributed by atoms with Crippen molar-refractivity contribution in [3.63, 3.8) is 0 Å². The van der Waals surface area contributed by atoms with E-state index in [1.807, 2.05) is 0 Å². The third-order valence-electron chi connectivity index (χ3n) is 3.82. The Balaban J connectivity index is 1.93. The van der Waals surface area contributed by atoms with Crippen molar-refractivity contribution < 1.29 is 4.79 Å². The topological polar surface area (TPSA) is 32.3 Å². The second kappa shape index (κ2) is 4.97. The number of nitrogens with zero attached hydrogens (tertiary/aromatic N) is 1. The van der Waals surface area contributed by atoms with E-state index in [0.717, 1.165) is 38.9 Å². The standard InChI is InChI=1S/C12H22N2O/c1-2-11-4-3-9-14(11)12(15)10-5-7-13-8-6-10/h10-11,13H,2-9H2,1H3. The maximum absolute atomic E-state index is 12.3. The van der Waals surface area contributed by atoms with Crippen molar-refractivity contribution in [2.24, 2.45) is 5.92 Å². The van der Waals surface area contributed by atoms with Gasteiger partial charge in [0.25, 0.3) is 0 Å². The first-order valence-corrected chi connectivity index (χ1v) is 6.34. The Morgan fingerprint density at radius 2 is 2.07 bits per heavy atom. The SMILES string of the molecule is CCC1CCCN1C(=O)C1CCNCC1. The minimum atomic E-state index is 0.304. The number of rotatable bonds is 2. The zero-order valence-electron chi connectivity index (χ0n) is 9.67. The van der Waals surface area contributed by atoms with Crippen molar-refractivity contribution in [1.29, 1.82) is 0 Å². The third-order valence-corrected chi connectivity index (χ3v) is 3.82. The zero-order chi connectivity index (χ0) is 10.7. The van der Waals surface area contributed by atoms with Crippen LogP contribution in [-0.4, -0.2) is 36.5 Å². The lowest BCUT2D eigenvalue weighted by Gasteiger charge is -2.30. The molecule has 3 nitrogen and oxygen atoms in total. The molecule has 2 fully saturated rings. The van der Waals surface area contributed by atoms with Crippen molar-refractivity contribution >= 4 is 5.91 Å². The van der Waals surface area contributed by atoms with Crippen LogP contribution in [0.1, 0.15) is 39.0 Å².